The molecule has 2 aromatic rings. The van der Waals surface area contributed by atoms with Gasteiger partial charge in [0, 0.05) is 18.9 Å². The lowest BCUT2D eigenvalue weighted by Crippen LogP contribution is -2.13. The third-order valence-electron chi connectivity index (χ3n) is 2.20. The van der Waals surface area contributed by atoms with Gasteiger partial charge in [-0.1, -0.05) is 30.3 Å². The molecule has 0 unspecified atom stereocenters. The van der Waals surface area contributed by atoms with Gasteiger partial charge in [0.15, 0.2) is 0 Å². The molecule has 0 radical (unpaired) electrons. The van der Waals surface area contributed by atoms with Crippen molar-refractivity contribution < 1.29 is 5.11 Å². The van der Waals surface area contributed by atoms with Crippen LogP contribution in [-0.2, 0) is 0 Å². The van der Waals surface area contributed by atoms with Crippen LogP contribution in [0.5, 0.6) is 0 Å². The van der Waals surface area contributed by atoms with Gasteiger partial charge in [0.1, 0.15) is 0 Å². The Bertz CT molecular complexity index is 424. The van der Waals surface area contributed by atoms with E-state index in [0.29, 0.717) is 12.5 Å². The molecule has 1 heterocycles. The molecule has 4 nitrogen and oxygen atoms in total. The van der Waals surface area contributed by atoms with E-state index in [1.807, 2.05) is 30.3 Å². The molecule has 0 aliphatic rings. The summed E-state index contributed by atoms with van der Waals surface area (Å²) in [7, 11) is 0. The Hall–Kier alpha value is -1.65. The number of anilines is 1. The van der Waals surface area contributed by atoms with E-state index in [-0.39, 0.29) is 12.4 Å². The molecule has 1 aromatic heterocycles. The number of aliphatic hydroxyl groups excluding tert-OH is 1. The first-order chi connectivity index (χ1) is 7.86. The molecule has 0 spiro atoms. The molecule has 0 saturated carbocycles. The van der Waals surface area contributed by atoms with E-state index in [9.17, 15) is 5.11 Å². The lowest BCUT2D eigenvalue weighted by atomic mass is 10.1. The van der Waals surface area contributed by atoms with Gasteiger partial charge in [-0.25, -0.2) is 9.97 Å². The minimum atomic E-state index is -0.551. The topological polar surface area (TPSA) is 58.0 Å². The van der Waals surface area contributed by atoms with Gasteiger partial charge in [-0.3, -0.25) is 0 Å². The maximum Gasteiger partial charge on any atom is 0.222 e. The predicted molar refractivity (Wildman–Crippen MR) is 69.2 cm³/mol. The van der Waals surface area contributed by atoms with Crippen LogP contribution < -0.4 is 5.32 Å². The first-order valence-corrected chi connectivity index (χ1v) is 5.10. The van der Waals surface area contributed by atoms with Gasteiger partial charge in [0.25, 0.3) is 0 Å². The summed E-state index contributed by atoms with van der Waals surface area (Å²) in [4.78, 5) is 8.02. The molecule has 90 valence electrons. The number of nitrogens with one attached hydrogen (secondary N) is 1. The second kappa shape index (κ2) is 6.83. The molecule has 0 saturated heterocycles. The third kappa shape index (κ3) is 4.01. The van der Waals surface area contributed by atoms with Gasteiger partial charge in [-0.15, -0.1) is 12.4 Å². The summed E-state index contributed by atoms with van der Waals surface area (Å²) in [6.45, 7) is 0.397. The second-order valence-electron chi connectivity index (χ2n) is 3.38. The van der Waals surface area contributed by atoms with Crippen molar-refractivity contribution in [3.05, 3.63) is 54.4 Å². The van der Waals surface area contributed by atoms with Crippen molar-refractivity contribution in [3.63, 3.8) is 0 Å². The average molecular weight is 252 g/mol. The third-order valence-corrected chi connectivity index (χ3v) is 2.20. The zero-order chi connectivity index (χ0) is 11.2. The minimum absolute atomic E-state index is 0. The number of nitrogens with zero attached hydrogens (tertiary/aromatic N) is 2. The van der Waals surface area contributed by atoms with Gasteiger partial charge in [0.2, 0.25) is 5.95 Å². The molecule has 0 amide bonds. The summed E-state index contributed by atoms with van der Waals surface area (Å²) >= 11 is 0. The van der Waals surface area contributed by atoms with Gasteiger partial charge in [0.05, 0.1) is 6.10 Å². The largest absolute Gasteiger partial charge is 0.387 e. The highest BCUT2D eigenvalue weighted by Gasteiger charge is 2.06. The monoisotopic (exact) mass is 251 g/mol. The molecule has 0 aliphatic carbocycles. The van der Waals surface area contributed by atoms with Crippen molar-refractivity contribution in [3.8, 4) is 0 Å². The van der Waals surface area contributed by atoms with Crippen molar-refractivity contribution in [2.75, 3.05) is 11.9 Å². The first-order valence-electron chi connectivity index (χ1n) is 5.10. The van der Waals surface area contributed by atoms with E-state index in [1.165, 1.54) is 0 Å². The number of rotatable bonds is 4. The standard InChI is InChI=1S/C12H13N3O.ClH/c16-11(10-5-2-1-3-6-10)9-15-12-13-7-4-8-14-12;/h1-8,11,16H,9H2,(H,13,14,15);1H/t11-;/m1./s1. The summed E-state index contributed by atoms with van der Waals surface area (Å²) in [6.07, 6.45) is 2.76. The molecule has 0 aliphatic heterocycles. The Kier molecular flexibility index (Phi) is 5.39. The molecule has 2 N–H and O–H groups in total. The zero-order valence-corrected chi connectivity index (χ0v) is 9.97. The molecule has 1 aromatic carbocycles. The Balaban J connectivity index is 0.00000144. The normalized spacial score (nSPS) is 11.4. The summed E-state index contributed by atoms with van der Waals surface area (Å²) in [5.74, 6) is 0.525. The fraction of sp³-hybridized carbons (Fsp3) is 0.167. The van der Waals surface area contributed by atoms with Crippen molar-refractivity contribution >= 4 is 18.4 Å². The quantitative estimate of drug-likeness (QED) is 0.873. The lowest BCUT2D eigenvalue weighted by molar-refractivity contribution is 0.191. The van der Waals surface area contributed by atoms with E-state index in [1.54, 1.807) is 18.5 Å². The molecule has 0 fully saturated rings. The van der Waals surface area contributed by atoms with Crippen LogP contribution in [0.15, 0.2) is 48.8 Å². The van der Waals surface area contributed by atoms with Crippen LogP contribution in [0.25, 0.3) is 0 Å². The van der Waals surface area contributed by atoms with Crippen LogP contribution in [0.1, 0.15) is 11.7 Å². The molecule has 1 atom stereocenters. The fourth-order valence-corrected chi connectivity index (χ4v) is 1.37. The smallest absolute Gasteiger partial charge is 0.222 e. The Morgan fingerprint density at radius 2 is 1.71 bits per heavy atom. The van der Waals surface area contributed by atoms with Gasteiger partial charge in [-0.05, 0) is 11.6 Å². The minimum Gasteiger partial charge on any atom is -0.387 e. The highest BCUT2D eigenvalue weighted by molar-refractivity contribution is 5.85. The van der Waals surface area contributed by atoms with Crippen LogP contribution in [0, 0.1) is 0 Å². The van der Waals surface area contributed by atoms with E-state index in [0.717, 1.165) is 5.56 Å². The van der Waals surface area contributed by atoms with E-state index < -0.39 is 6.10 Å². The van der Waals surface area contributed by atoms with Crippen LogP contribution >= 0.6 is 12.4 Å². The van der Waals surface area contributed by atoms with Gasteiger partial charge < -0.3 is 10.4 Å². The summed E-state index contributed by atoms with van der Waals surface area (Å²) < 4.78 is 0. The van der Waals surface area contributed by atoms with Gasteiger partial charge >= 0.3 is 0 Å². The molecule has 5 heteroatoms. The van der Waals surface area contributed by atoms with E-state index in [2.05, 4.69) is 15.3 Å². The van der Waals surface area contributed by atoms with Crippen molar-refractivity contribution in [2.45, 2.75) is 6.10 Å². The van der Waals surface area contributed by atoms with Crippen LogP contribution in [0.3, 0.4) is 0 Å². The van der Waals surface area contributed by atoms with E-state index in [4.69, 9.17) is 0 Å². The summed E-state index contributed by atoms with van der Waals surface area (Å²) in [5, 5.41) is 12.8. The van der Waals surface area contributed by atoms with E-state index >= 15 is 0 Å². The lowest BCUT2D eigenvalue weighted by Gasteiger charge is -2.11. The molecule has 0 bridgehead atoms. The zero-order valence-electron chi connectivity index (χ0n) is 9.15. The number of aliphatic hydroxyl groups is 1. The van der Waals surface area contributed by atoms with Crippen molar-refractivity contribution in [2.24, 2.45) is 0 Å². The van der Waals surface area contributed by atoms with Gasteiger partial charge in [-0.2, -0.15) is 0 Å². The molecular formula is C12H14ClN3O. The number of benzene rings is 1. The van der Waals surface area contributed by atoms with Crippen LogP contribution in [0.4, 0.5) is 5.95 Å². The number of halogens is 1. The SMILES string of the molecule is Cl.O[C@H](CNc1ncccn1)c1ccccc1. The number of aromatic nitrogens is 2. The first kappa shape index (κ1) is 13.4. The number of hydrogen-bond acceptors (Lipinski definition) is 4. The molecule has 2 rings (SSSR count). The predicted octanol–water partition coefficient (Wildman–Crippen LogP) is 2.04. The maximum atomic E-state index is 9.86. The highest BCUT2D eigenvalue weighted by Crippen LogP contribution is 2.11. The maximum absolute atomic E-state index is 9.86. The van der Waals surface area contributed by atoms with Crippen molar-refractivity contribution in [1.82, 2.24) is 9.97 Å². The molecule has 17 heavy (non-hydrogen) atoms. The second-order valence-corrected chi connectivity index (χ2v) is 3.38. The van der Waals surface area contributed by atoms with Crippen LogP contribution in [0.2, 0.25) is 0 Å². The Labute approximate surface area is 106 Å². The number of hydrogen-bond donors (Lipinski definition) is 2. The Morgan fingerprint density at radius 3 is 2.35 bits per heavy atom. The Morgan fingerprint density at radius 1 is 1.06 bits per heavy atom. The van der Waals surface area contributed by atoms with Crippen LogP contribution in [-0.4, -0.2) is 21.6 Å². The van der Waals surface area contributed by atoms with Crippen molar-refractivity contribution in [1.29, 1.82) is 0 Å². The fourth-order valence-electron chi connectivity index (χ4n) is 1.37. The summed E-state index contributed by atoms with van der Waals surface area (Å²) in [5.41, 5.74) is 0.880. The summed E-state index contributed by atoms with van der Waals surface area (Å²) in [6, 6.07) is 11.2. The highest BCUT2D eigenvalue weighted by atomic mass is 35.5. The average Bonchev–Trinajstić information content (AvgIpc) is 2.38. The molecular weight excluding hydrogens is 238 g/mol.